The van der Waals surface area contributed by atoms with E-state index in [0.29, 0.717) is 17.1 Å². The maximum atomic E-state index is 9.53. The Balaban J connectivity index is 2.43. The Morgan fingerprint density at radius 2 is 1.96 bits per heavy atom. The van der Waals surface area contributed by atoms with Crippen LogP contribution in [0.25, 0.3) is 11.6 Å². The SMILES string of the molecule is CCC(C)Oc1c(Br)cc(/C=C(/C#N)c2ccc(C)cc2)cc1OC. The Bertz CT molecular complexity index is 804. The van der Waals surface area contributed by atoms with E-state index >= 15 is 0 Å². The molecular formula is C21H22BrNO2. The number of hydrogen-bond donors (Lipinski definition) is 0. The van der Waals surface area contributed by atoms with Crippen LogP contribution >= 0.6 is 15.9 Å². The fourth-order valence-electron chi connectivity index (χ4n) is 2.30. The predicted octanol–water partition coefficient (Wildman–Crippen LogP) is 6.01. The molecule has 130 valence electrons. The van der Waals surface area contributed by atoms with Crippen LogP contribution in [0.1, 0.15) is 37.0 Å². The molecule has 1 atom stereocenters. The molecule has 0 fully saturated rings. The number of rotatable bonds is 6. The van der Waals surface area contributed by atoms with Gasteiger partial charge in [-0.05, 0) is 65.5 Å². The van der Waals surface area contributed by atoms with Gasteiger partial charge in [-0.3, -0.25) is 0 Å². The molecule has 0 radical (unpaired) electrons. The van der Waals surface area contributed by atoms with E-state index in [1.54, 1.807) is 7.11 Å². The first kappa shape index (κ1) is 19.1. The van der Waals surface area contributed by atoms with Gasteiger partial charge in [-0.25, -0.2) is 0 Å². The molecule has 0 amide bonds. The number of hydrogen-bond acceptors (Lipinski definition) is 3. The first-order valence-electron chi connectivity index (χ1n) is 8.21. The minimum atomic E-state index is 0.0915. The largest absolute Gasteiger partial charge is 0.493 e. The van der Waals surface area contributed by atoms with Crippen LogP contribution in [0.15, 0.2) is 40.9 Å². The highest BCUT2D eigenvalue weighted by molar-refractivity contribution is 9.10. The number of allylic oxidation sites excluding steroid dienone is 1. The monoisotopic (exact) mass is 399 g/mol. The fourth-order valence-corrected chi connectivity index (χ4v) is 2.86. The molecule has 2 aromatic rings. The van der Waals surface area contributed by atoms with Gasteiger partial charge in [0, 0.05) is 0 Å². The van der Waals surface area contributed by atoms with Crippen LogP contribution in [0.2, 0.25) is 0 Å². The second kappa shape index (κ2) is 8.73. The quantitative estimate of drug-likeness (QED) is 0.441. The van der Waals surface area contributed by atoms with Gasteiger partial charge in [0.05, 0.1) is 29.3 Å². The van der Waals surface area contributed by atoms with Gasteiger partial charge in [0.1, 0.15) is 0 Å². The van der Waals surface area contributed by atoms with Gasteiger partial charge in [-0.2, -0.15) is 5.26 Å². The molecule has 0 saturated heterocycles. The highest BCUT2D eigenvalue weighted by atomic mass is 79.9. The summed E-state index contributed by atoms with van der Waals surface area (Å²) in [6.07, 6.45) is 2.85. The first-order valence-corrected chi connectivity index (χ1v) is 9.00. The van der Waals surface area contributed by atoms with Crippen LogP contribution < -0.4 is 9.47 Å². The van der Waals surface area contributed by atoms with Crippen molar-refractivity contribution in [2.75, 3.05) is 7.11 Å². The van der Waals surface area contributed by atoms with Gasteiger partial charge < -0.3 is 9.47 Å². The summed E-state index contributed by atoms with van der Waals surface area (Å²) in [5.41, 5.74) is 3.53. The zero-order valence-corrected chi connectivity index (χ0v) is 16.6. The molecule has 4 heteroatoms. The summed E-state index contributed by atoms with van der Waals surface area (Å²) in [7, 11) is 1.61. The number of halogens is 1. The van der Waals surface area contributed by atoms with Crippen molar-refractivity contribution >= 4 is 27.6 Å². The third-order valence-electron chi connectivity index (χ3n) is 3.94. The van der Waals surface area contributed by atoms with Crippen LogP contribution in [0.4, 0.5) is 0 Å². The van der Waals surface area contributed by atoms with E-state index in [4.69, 9.17) is 9.47 Å². The van der Waals surface area contributed by atoms with Gasteiger partial charge in [0.25, 0.3) is 0 Å². The average Bonchev–Trinajstić information content (AvgIpc) is 2.62. The molecular weight excluding hydrogens is 378 g/mol. The van der Waals surface area contributed by atoms with Crippen molar-refractivity contribution in [3.63, 3.8) is 0 Å². The molecule has 0 saturated carbocycles. The molecule has 1 unspecified atom stereocenters. The van der Waals surface area contributed by atoms with Crippen molar-refractivity contribution in [1.29, 1.82) is 5.26 Å². The minimum Gasteiger partial charge on any atom is -0.493 e. The Kier molecular flexibility index (Phi) is 6.66. The predicted molar refractivity (Wildman–Crippen MR) is 106 cm³/mol. The normalized spacial score (nSPS) is 12.4. The molecule has 0 aliphatic carbocycles. The fraction of sp³-hybridized carbons (Fsp3) is 0.286. The summed E-state index contributed by atoms with van der Waals surface area (Å²) in [5, 5.41) is 9.53. The summed E-state index contributed by atoms with van der Waals surface area (Å²) in [5.74, 6) is 1.32. The van der Waals surface area contributed by atoms with Gasteiger partial charge in [-0.15, -0.1) is 0 Å². The van der Waals surface area contributed by atoms with Crippen LogP contribution in [0.5, 0.6) is 11.5 Å². The van der Waals surface area contributed by atoms with E-state index in [-0.39, 0.29) is 6.10 Å². The highest BCUT2D eigenvalue weighted by Gasteiger charge is 2.14. The second-order valence-corrected chi connectivity index (χ2v) is 6.76. The molecule has 0 bridgehead atoms. The second-order valence-electron chi connectivity index (χ2n) is 5.91. The van der Waals surface area contributed by atoms with E-state index in [9.17, 15) is 5.26 Å². The van der Waals surface area contributed by atoms with Crippen LogP contribution in [0.3, 0.4) is 0 Å². The minimum absolute atomic E-state index is 0.0915. The molecule has 0 spiro atoms. The van der Waals surface area contributed by atoms with E-state index in [1.807, 2.05) is 56.3 Å². The summed E-state index contributed by atoms with van der Waals surface area (Å²) < 4.78 is 12.2. The molecule has 2 rings (SSSR count). The van der Waals surface area contributed by atoms with Gasteiger partial charge in [0.15, 0.2) is 11.5 Å². The molecule has 0 aromatic heterocycles. The van der Waals surface area contributed by atoms with Crippen molar-refractivity contribution in [3.05, 3.63) is 57.6 Å². The zero-order valence-electron chi connectivity index (χ0n) is 15.0. The lowest BCUT2D eigenvalue weighted by Gasteiger charge is -2.17. The lowest BCUT2D eigenvalue weighted by Crippen LogP contribution is -2.11. The Hall–Kier alpha value is -2.25. The van der Waals surface area contributed by atoms with Crippen molar-refractivity contribution in [2.45, 2.75) is 33.3 Å². The van der Waals surface area contributed by atoms with Crippen molar-refractivity contribution < 1.29 is 9.47 Å². The van der Waals surface area contributed by atoms with Crippen molar-refractivity contribution in [2.24, 2.45) is 0 Å². The van der Waals surface area contributed by atoms with Crippen LogP contribution in [-0.4, -0.2) is 13.2 Å². The van der Waals surface area contributed by atoms with Crippen LogP contribution in [-0.2, 0) is 0 Å². The molecule has 3 nitrogen and oxygen atoms in total. The maximum Gasteiger partial charge on any atom is 0.175 e. The Labute approximate surface area is 158 Å². The van der Waals surface area contributed by atoms with Crippen molar-refractivity contribution in [1.82, 2.24) is 0 Å². The van der Waals surface area contributed by atoms with E-state index in [0.717, 1.165) is 27.6 Å². The molecule has 0 N–H and O–H groups in total. The smallest absolute Gasteiger partial charge is 0.175 e. The molecule has 0 heterocycles. The Morgan fingerprint density at radius 1 is 1.28 bits per heavy atom. The third-order valence-corrected chi connectivity index (χ3v) is 4.53. The van der Waals surface area contributed by atoms with E-state index in [2.05, 4.69) is 28.9 Å². The van der Waals surface area contributed by atoms with E-state index < -0.39 is 0 Å². The molecule has 0 aliphatic heterocycles. The van der Waals surface area contributed by atoms with Crippen molar-refractivity contribution in [3.8, 4) is 17.6 Å². The lowest BCUT2D eigenvalue weighted by atomic mass is 10.0. The number of nitriles is 1. The summed E-state index contributed by atoms with van der Waals surface area (Å²) in [6.45, 7) is 6.12. The zero-order chi connectivity index (χ0) is 18.4. The lowest BCUT2D eigenvalue weighted by molar-refractivity contribution is 0.206. The topological polar surface area (TPSA) is 42.2 Å². The van der Waals surface area contributed by atoms with Crippen LogP contribution in [0, 0.1) is 18.3 Å². The standard InChI is InChI=1S/C21H22BrNO2/c1-5-15(3)25-21-19(22)11-16(12-20(21)24-4)10-18(13-23)17-8-6-14(2)7-9-17/h6-12,15H,5H2,1-4H3/b18-10-. The van der Waals surface area contributed by atoms with Gasteiger partial charge >= 0.3 is 0 Å². The molecule has 2 aromatic carbocycles. The Morgan fingerprint density at radius 3 is 2.52 bits per heavy atom. The number of aryl methyl sites for hydroxylation is 1. The first-order chi connectivity index (χ1) is 12.0. The van der Waals surface area contributed by atoms with E-state index in [1.165, 1.54) is 0 Å². The third kappa shape index (κ3) is 4.87. The molecule has 0 aliphatic rings. The van der Waals surface area contributed by atoms with Gasteiger partial charge in [-0.1, -0.05) is 36.8 Å². The van der Waals surface area contributed by atoms with Gasteiger partial charge in [0.2, 0.25) is 0 Å². The highest BCUT2D eigenvalue weighted by Crippen LogP contribution is 2.38. The number of nitrogens with zero attached hydrogens (tertiary/aromatic N) is 1. The maximum absolute atomic E-state index is 9.53. The number of ether oxygens (including phenoxy) is 2. The summed E-state index contributed by atoms with van der Waals surface area (Å²) in [6, 6.07) is 14.0. The average molecular weight is 400 g/mol. The number of benzene rings is 2. The summed E-state index contributed by atoms with van der Waals surface area (Å²) in [4.78, 5) is 0. The number of methoxy groups -OCH3 is 1. The summed E-state index contributed by atoms with van der Waals surface area (Å²) >= 11 is 3.56. The molecule has 25 heavy (non-hydrogen) atoms.